The fourth-order valence-electron chi connectivity index (χ4n) is 0.941. The standard InChI is InChI=1S/C9H11F3N2O3/c1-8(2,3)17-6(15)4-5-13-14-7(16-5)9(10,11)12/h4H2,1-3H3. The number of aromatic nitrogens is 2. The smallest absolute Gasteiger partial charge is 0.460 e. The van der Waals surface area contributed by atoms with Crippen molar-refractivity contribution in [3.63, 3.8) is 0 Å². The van der Waals surface area contributed by atoms with Gasteiger partial charge in [0.15, 0.2) is 0 Å². The van der Waals surface area contributed by atoms with Crippen LogP contribution in [0.2, 0.25) is 0 Å². The molecule has 0 saturated carbocycles. The molecule has 5 nitrogen and oxygen atoms in total. The maximum Gasteiger partial charge on any atom is 0.470 e. The number of esters is 1. The molecule has 0 aliphatic carbocycles. The first-order valence-electron chi connectivity index (χ1n) is 4.69. The summed E-state index contributed by atoms with van der Waals surface area (Å²) in [4.78, 5) is 11.3. The molecule has 0 saturated heterocycles. The molecule has 0 N–H and O–H groups in total. The molecule has 0 atom stereocenters. The van der Waals surface area contributed by atoms with Crippen LogP contribution in [0.25, 0.3) is 0 Å². The van der Waals surface area contributed by atoms with Crippen molar-refractivity contribution in [2.75, 3.05) is 0 Å². The highest BCUT2D eigenvalue weighted by atomic mass is 19.4. The first kappa shape index (κ1) is 13.5. The highest BCUT2D eigenvalue weighted by Crippen LogP contribution is 2.27. The van der Waals surface area contributed by atoms with E-state index in [2.05, 4.69) is 14.6 Å². The quantitative estimate of drug-likeness (QED) is 0.753. The van der Waals surface area contributed by atoms with Gasteiger partial charge < -0.3 is 9.15 Å². The van der Waals surface area contributed by atoms with E-state index < -0.39 is 35.9 Å². The van der Waals surface area contributed by atoms with Crippen LogP contribution in [-0.2, 0) is 22.1 Å². The Morgan fingerprint density at radius 3 is 2.29 bits per heavy atom. The van der Waals surface area contributed by atoms with Crippen molar-refractivity contribution in [2.24, 2.45) is 0 Å². The Kier molecular flexibility index (Phi) is 3.44. The van der Waals surface area contributed by atoms with Gasteiger partial charge in [0.25, 0.3) is 0 Å². The SMILES string of the molecule is CC(C)(C)OC(=O)Cc1nnc(C(F)(F)F)o1. The average Bonchev–Trinajstić information content (AvgIpc) is 2.47. The molecule has 0 unspecified atom stereocenters. The van der Waals surface area contributed by atoms with Gasteiger partial charge >= 0.3 is 18.0 Å². The number of ether oxygens (including phenoxy) is 1. The van der Waals surface area contributed by atoms with E-state index in [0.29, 0.717) is 0 Å². The van der Waals surface area contributed by atoms with Crippen LogP contribution in [0.4, 0.5) is 13.2 Å². The van der Waals surface area contributed by atoms with Crippen LogP contribution in [0.15, 0.2) is 4.42 Å². The molecule has 1 aromatic heterocycles. The van der Waals surface area contributed by atoms with E-state index in [1.54, 1.807) is 20.8 Å². The Bertz CT molecular complexity index is 406. The Labute approximate surface area is 95.0 Å². The number of rotatable bonds is 2. The number of halogens is 3. The lowest BCUT2D eigenvalue weighted by Gasteiger charge is -2.18. The zero-order valence-electron chi connectivity index (χ0n) is 9.46. The van der Waals surface area contributed by atoms with Crippen LogP contribution in [0.1, 0.15) is 32.6 Å². The predicted octanol–water partition coefficient (Wildman–Crippen LogP) is 1.97. The summed E-state index contributed by atoms with van der Waals surface area (Å²) in [6, 6.07) is 0. The van der Waals surface area contributed by atoms with Gasteiger partial charge in [-0.15, -0.1) is 10.2 Å². The normalized spacial score (nSPS) is 12.6. The van der Waals surface area contributed by atoms with E-state index in [4.69, 9.17) is 4.74 Å². The molecule has 0 aromatic carbocycles. The predicted molar refractivity (Wildman–Crippen MR) is 48.8 cm³/mol. The Morgan fingerprint density at radius 2 is 1.88 bits per heavy atom. The molecule has 0 spiro atoms. The van der Waals surface area contributed by atoms with Gasteiger partial charge in [0, 0.05) is 0 Å². The molecule has 1 rings (SSSR count). The molecule has 8 heteroatoms. The maximum absolute atomic E-state index is 12.1. The van der Waals surface area contributed by atoms with E-state index in [-0.39, 0.29) is 0 Å². The summed E-state index contributed by atoms with van der Waals surface area (Å²) in [6.45, 7) is 4.92. The van der Waals surface area contributed by atoms with Crippen LogP contribution in [0.5, 0.6) is 0 Å². The van der Waals surface area contributed by atoms with Gasteiger partial charge in [-0.1, -0.05) is 0 Å². The summed E-state index contributed by atoms with van der Waals surface area (Å²) in [7, 11) is 0. The number of alkyl halides is 3. The Morgan fingerprint density at radius 1 is 1.29 bits per heavy atom. The summed E-state index contributed by atoms with van der Waals surface area (Å²) in [6.07, 6.45) is -5.19. The molecule has 96 valence electrons. The molecular weight excluding hydrogens is 241 g/mol. The van der Waals surface area contributed by atoms with Gasteiger partial charge in [0.2, 0.25) is 5.89 Å². The lowest BCUT2D eigenvalue weighted by Crippen LogP contribution is -2.25. The molecule has 1 aromatic rings. The fraction of sp³-hybridized carbons (Fsp3) is 0.667. The lowest BCUT2D eigenvalue weighted by atomic mass is 10.2. The van der Waals surface area contributed by atoms with Crippen LogP contribution in [-0.4, -0.2) is 21.8 Å². The second kappa shape index (κ2) is 4.34. The van der Waals surface area contributed by atoms with E-state index in [1.807, 2.05) is 0 Å². The molecule has 1 heterocycles. The minimum Gasteiger partial charge on any atom is -0.460 e. The van der Waals surface area contributed by atoms with Crippen molar-refractivity contribution in [3.05, 3.63) is 11.8 Å². The van der Waals surface area contributed by atoms with Crippen molar-refractivity contribution in [2.45, 2.75) is 39.0 Å². The van der Waals surface area contributed by atoms with E-state index >= 15 is 0 Å². The minimum atomic E-state index is -4.71. The highest BCUT2D eigenvalue weighted by molar-refractivity contribution is 5.71. The van der Waals surface area contributed by atoms with Crippen molar-refractivity contribution in [1.82, 2.24) is 10.2 Å². The molecule has 0 aliphatic rings. The number of hydrogen-bond donors (Lipinski definition) is 0. The first-order valence-corrected chi connectivity index (χ1v) is 4.69. The molecule has 0 fully saturated rings. The van der Waals surface area contributed by atoms with Gasteiger partial charge in [0.05, 0.1) is 0 Å². The molecular formula is C9H11F3N2O3. The molecule has 0 amide bonds. The van der Waals surface area contributed by atoms with Crippen LogP contribution < -0.4 is 0 Å². The number of carbonyl (C=O) groups excluding carboxylic acids is 1. The van der Waals surface area contributed by atoms with Crippen molar-refractivity contribution in [1.29, 1.82) is 0 Å². The van der Waals surface area contributed by atoms with Crippen LogP contribution in [0.3, 0.4) is 0 Å². The molecule has 0 bridgehead atoms. The third-order valence-corrected chi connectivity index (χ3v) is 1.42. The van der Waals surface area contributed by atoms with Gasteiger partial charge in [0.1, 0.15) is 12.0 Å². The third-order valence-electron chi connectivity index (χ3n) is 1.42. The average molecular weight is 252 g/mol. The molecule has 17 heavy (non-hydrogen) atoms. The second-order valence-corrected chi connectivity index (χ2v) is 4.26. The summed E-state index contributed by atoms with van der Waals surface area (Å²) < 4.78 is 45.5. The van der Waals surface area contributed by atoms with E-state index in [0.717, 1.165) is 0 Å². The highest BCUT2D eigenvalue weighted by Gasteiger charge is 2.38. The van der Waals surface area contributed by atoms with Gasteiger partial charge in [-0.2, -0.15) is 13.2 Å². The largest absolute Gasteiger partial charge is 0.470 e. The van der Waals surface area contributed by atoms with Crippen molar-refractivity contribution >= 4 is 5.97 Å². The summed E-state index contributed by atoms with van der Waals surface area (Å²) in [5.74, 6) is -2.63. The fourth-order valence-corrected chi connectivity index (χ4v) is 0.941. The Hall–Kier alpha value is -1.60. The van der Waals surface area contributed by atoms with E-state index in [9.17, 15) is 18.0 Å². The summed E-state index contributed by atoms with van der Waals surface area (Å²) in [5.41, 5.74) is -0.718. The lowest BCUT2D eigenvalue weighted by molar-refractivity contribution is -0.159. The zero-order valence-corrected chi connectivity index (χ0v) is 9.46. The van der Waals surface area contributed by atoms with Crippen molar-refractivity contribution in [3.8, 4) is 0 Å². The zero-order chi connectivity index (χ0) is 13.3. The van der Waals surface area contributed by atoms with E-state index in [1.165, 1.54) is 0 Å². The topological polar surface area (TPSA) is 65.2 Å². The maximum atomic E-state index is 12.1. The van der Waals surface area contributed by atoms with Gasteiger partial charge in [-0.3, -0.25) is 4.79 Å². The molecule has 0 aliphatic heterocycles. The van der Waals surface area contributed by atoms with Crippen LogP contribution >= 0.6 is 0 Å². The monoisotopic (exact) mass is 252 g/mol. The third kappa shape index (κ3) is 4.41. The number of carbonyl (C=O) groups is 1. The van der Waals surface area contributed by atoms with Crippen molar-refractivity contribution < 1.29 is 27.1 Å². The number of hydrogen-bond acceptors (Lipinski definition) is 5. The van der Waals surface area contributed by atoms with Gasteiger partial charge in [-0.05, 0) is 20.8 Å². The number of nitrogens with zero attached hydrogens (tertiary/aromatic N) is 2. The minimum absolute atomic E-state index is 0.424. The summed E-state index contributed by atoms with van der Waals surface area (Å²) in [5, 5.41) is 5.90. The Balaban J connectivity index is 2.65. The molecule has 0 radical (unpaired) electrons. The van der Waals surface area contributed by atoms with Crippen LogP contribution in [0, 0.1) is 0 Å². The summed E-state index contributed by atoms with van der Waals surface area (Å²) >= 11 is 0. The second-order valence-electron chi connectivity index (χ2n) is 4.26. The van der Waals surface area contributed by atoms with Gasteiger partial charge in [-0.25, -0.2) is 0 Å². The first-order chi connectivity index (χ1) is 7.58.